The van der Waals surface area contributed by atoms with Gasteiger partial charge in [0.1, 0.15) is 0 Å². The number of hydrogen-bond acceptors (Lipinski definition) is 5. The fraction of sp³-hybridized carbons (Fsp3) is 0.111. The van der Waals surface area contributed by atoms with Crippen LogP contribution in [0.25, 0.3) is 5.76 Å². The van der Waals surface area contributed by atoms with Crippen LogP contribution in [0, 0.1) is 10.1 Å². The molecule has 6 nitrogen and oxygen atoms in total. The summed E-state index contributed by atoms with van der Waals surface area (Å²) in [4.78, 5) is 10.0. The molecule has 0 unspecified atom stereocenters. The highest BCUT2D eigenvalue weighted by atomic mass is 16.6. The third kappa shape index (κ3) is 1.45. The Kier molecular flexibility index (Phi) is 1.96. The highest BCUT2D eigenvalue weighted by Crippen LogP contribution is 2.28. The summed E-state index contributed by atoms with van der Waals surface area (Å²) >= 11 is 0. The largest absolute Gasteiger partial charge is 0.871 e. The first kappa shape index (κ1) is 9.32. The molecular weight excluding hydrogens is 198 g/mol. The number of hydrazine groups is 1. The van der Waals surface area contributed by atoms with Gasteiger partial charge in [-0.3, -0.25) is 10.1 Å². The number of anilines is 1. The van der Waals surface area contributed by atoms with Crippen LogP contribution in [0.15, 0.2) is 23.9 Å². The Balaban J connectivity index is 2.57. The van der Waals surface area contributed by atoms with Crippen LogP contribution in [-0.2, 0) is 0 Å². The van der Waals surface area contributed by atoms with E-state index < -0.39 is 4.92 Å². The number of non-ortho nitro benzene ring substituents is 1. The molecule has 6 heteroatoms. The van der Waals surface area contributed by atoms with Gasteiger partial charge in [0.05, 0.1) is 10.6 Å². The highest BCUT2D eigenvalue weighted by molar-refractivity contribution is 5.76. The summed E-state index contributed by atoms with van der Waals surface area (Å²) in [5.41, 5.74) is 6.67. The molecule has 0 spiro atoms. The van der Waals surface area contributed by atoms with Gasteiger partial charge in [-0.25, -0.2) is 0 Å². The van der Waals surface area contributed by atoms with Crippen LogP contribution >= 0.6 is 0 Å². The van der Waals surface area contributed by atoms with Gasteiger partial charge in [-0.05, 0) is 13.0 Å². The molecule has 2 rings (SSSR count). The molecule has 0 aromatic heterocycles. The Bertz CT molecular complexity index is 468. The number of rotatable bonds is 1. The average molecular weight is 206 g/mol. The number of nitrogens with one attached hydrogen (secondary N) is 2. The first-order chi connectivity index (χ1) is 7.09. The molecule has 1 heterocycles. The van der Waals surface area contributed by atoms with E-state index in [9.17, 15) is 15.2 Å². The van der Waals surface area contributed by atoms with Crippen molar-refractivity contribution >= 4 is 17.1 Å². The highest BCUT2D eigenvalue weighted by Gasteiger charge is 2.13. The van der Waals surface area contributed by atoms with Gasteiger partial charge in [-0.15, -0.1) is 0 Å². The zero-order valence-electron chi connectivity index (χ0n) is 7.90. The molecule has 0 bridgehead atoms. The lowest BCUT2D eigenvalue weighted by atomic mass is 10.1. The first-order valence-electron chi connectivity index (χ1n) is 4.28. The summed E-state index contributed by atoms with van der Waals surface area (Å²) in [5, 5.41) is 22.2. The molecule has 0 fully saturated rings. The lowest BCUT2D eigenvalue weighted by Gasteiger charge is -2.27. The third-order valence-electron chi connectivity index (χ3n) is 2.18. The summed E-state index contributed by atoms with van der Waals surface area (Å²) in [6.07, 6.45) is 0. The van der Waals surface area contributed by atoms with Gasteiger partial charge in [0.25, 0.3) is 5.69 Å². The SMILES string of the molecule is CC1=C([O-])c2cc([N+](=O)[O-])ccc2NN1. The zero-order valence-corrected chi connectivity index (χ0v) is 7.90. The smallest absolute Gasteiger partial charge is 0.270 e. The molecule has 0 atom stereocenters. The van der Waals surface area contributed by atoms with Crippen molar-refractivity contribution in [2.75, 3.05) is 5.43 Å². The Hall–Kier alpha value is -2.24. The minimum absolute atomic E-state index is 0.0846. The lowest BCUT2D eigenvalue weighted by molar-refractivity contribution is -0.385. The Morgan fingerprint density at radius 1 is 1.33 bits per heavy atom. The van der Waals surface area contributed by atoms with Crippen LogP contribution in [0.1, 0.15) is 12.5 Å². The summed E-state index contributed by atoms with van der Waals surface area (Å²) in [6.45, 7) is 1.61. The van der Waals surface area contributed by atoms with E-state index in [1.807, 2.05) is 0 Å². The monoisotopic (exact) mass is 206 g/mol. The van der Waals surface area contributed by atoms with E-state index in [1.165, 1.54) is 18.2 Å². The molecule has 1 aliphatic rings. The molecule has 2 N–H and O–H groups in total. The van der Waals surface area contributed by atoms with E-state index in [-0.39, 0.29) is 11.4 Å². The van der Waals surface area contributed by atoms with Crippen LogP contribution in [0.3, 0.4) is 0 Å². The molecule has 15 heavy (non-hydrogen) atoms. The number of hydrogen-bond donors (Lipinski definition) is 2. The molecule has 0 saturated carbocycles. The maximum atomic E-state index is 11.6. The van der Waals surface area contributed by atoms with Crippen molar-refractivity contribution in [3.8, 4) is 0 Å². The molecule has 0 radical (unpaired) electrons. The van der Waals surface area contributed by atoms with Gasteiger partial charge >= 0.3 is 0 Å². The number of benzene rings is 1. The topological polar surface area (TPSA) is 90.3 Å². The van der Waals surface area contributed by atoms with Crippen molar-refractivity contribution in [1.29, 1.82) is 0 Å². The van der Waals surface area contributed by atoms with E-state index in [2.05, 4.69) is 10.9 Å². The van der Waals surface area contributed by atoms with E-state index in [0.717, 1.165) is 0 Å². The molecule has 0 saturated heterocycles. The summed E-state index contributed by atoms with van der Waals surface area (Å²) < 4.78 is 0. The molecule has 0 aliphatic carbocycles. The Labute approximate surface area is 85.3 Å². The van der Waals surface area contributed by atoms with Crippen molar-refractivity contribution in [3.63, 3.8) is 0 Å². The zero-order chi connectivity index (χ0) is 11.0. The molecule has 1 aliphatic heterocycles. The molecular formula is C9H8N3O3-. The van der Waals surface area contributed by atoms with Crippen molar-refractivity contribution in [2.24, 2.45) is 0 Å². The quantitative estimate of drug-likeness (QED) is 0.518. The summed E-state index contributed by atoms with van der Waals surface area (Å²) in [6, 6.07) is 4.13. The van der Waals surface area contributed by atoms with E-state index in [4.69, 9.17) is 0 Å². The maximum absolute atomic E-state index is 11.6. The van der Waals surface area contributed by atoms with Crippen LogP contribution in [-0.4, -0.2) is 4.92 Å². The standard InChI is InChI=1S/C9H9N3O3/c1-5-9(13)7-4-6(12(14)15)2-3-8(7)11-10-5/h2-4,10-11,13H,1H3/p-1. The lowest BCUT2D eigenvalue weighted by Crippen LogP contribution is -2.28. The fourth-order valence-corrected chi connectivity index (χ4v) is 1.36. The number of nitrogens with zero attached hydrogens (tertiary/aromatic N) is 1. The second-order valence-electron chi connectivity index (χ2n) is 3.19. The van der Waals surface area contributed by atoms with Crippen molar-refractivity contribution in [1.82, 2.24) is 5.43 Å². The average Bonchev–Trinajstić information content (AvgIpc) is 2.23. The number of nitro benzene ring substituents is 1. The van der Waals surface area contributed by atoms with Crippen molar-refractivity contribution in [2.45, 2.75) is 6.92 Å². The van der Waals surface area contributed by atoms with Crippen LogP contribution in [0.5, 0.6) is 0 Å². The second-order valence-corrected chi connectivity index (χ2v) is 3.19. The summed E-state index contributed by atoms with van der Waals surface area (Å²) in [5.74, 6) is -0.229. The van der Waals surface area contributed by atoms with Gasteiger partial charge in [-0.2, -0.15) is 0 Å². The van der Waals surface area contributed by atoms with Gasteiger partial charge in [0.15, 0.2) is 0 Å². The molecule has 78 valence electrons. The Morgan fingerprint density at radius 3 is 2.73 bits per heavy atom. The number of nitro groups is 1. The normalized spacial score (nSPS) is 13.9. The predicted molar refractivity (Wildman–Crippen MR) is 52.4 cm³/mol. The van der Waals surface area contributed by atoms with Crippen LogP contribution in [0.4, 0.5) is 11.4 Å². The van der Waals surface area contributed by atoms with Gasteiger partial charge in [0, 0.05) is 23.4 Å². The third-order valence-corrected chi connectivity index (χ3v) is 2.18. The van der Waals surface area contributed by atoms with Crippen molar-refractivity contribution < 1.29 is 10.0 Å². The fourth-order valence-electron chi connectivity index (χ4n) is 1.36. The van der Waals surface area contributed by atoms with Gasteiger partial charge < -0.3 is 16.0 Å². The molecule has 1 aromatic carbocycles. The van der Waals surface area contributed by atoms with Crippen LogP contribution in [0.2, 0.25) is 0 Å². The second kappa shape index (κ2) is 3.16. The maximum Gasteiger partial charge on any atom is 0.270 e. The number of allylic oxidation sites excluding steroid dienone is 1. The van der Waals surface area contributed by atoms with Gasteiger partial charge in [-0.1, -0.05) is 5.76 Å². The first-order valence-corrected chi connectivity index (χ1v) is 4.28. The Morgan fingerprint density at radius 2 is 2.07 bits per heavy atom. The minimum atomic E-state index is -0.523. The molecule has 0 amide bonds. The minimum Gasteiger partial charge on any atom is -0.871 e. The van der Waals surface area contributed by atoms with Crippen LogP contribution < -0.4 is 16.0 Å². The van der Waals surface area contributed by atoms with E-state index >= 15 is 0 Å². The summed E-state index contributed by atoms with van der Waals surface area (Å²) in [7, 11) is 0. The van der Waals surface area contributed by atoms with Gasteiger partial charge in [0.2, 0.25) is 0 Å². The van der Waals surface area contributed by atoms with Crippen molar-refractivity contribution in [3.05, 3.63) is 39.6 Å². The van der Waals surface area contributed by atoms with E-state index in [1.54, 1.807) is 6.92 Å². The number of fused-ring (bicyclic) bond motifs is 1. The molecule has 1 aromatic rings. The predicted octanol–water partition coefficient (Wildman–Crippen LogP) is 0.574. The van der Waals surface area contributed by atoms with E-state index in [0.29, 0.717) is 16.9 Å².